The maximum atomic E-state index is 14.4. The Morgan fingerprint density at radius 2 is 0.566 bits per heavy atom. The van der Waals surface area contributed by atoms with Crippen LogP contribution in [0.15, 0.2) is 292 Å². The van der Waals surface area contributed by atoms with Crippen LogP contribution in [0, 0.1) is 11.6 Å². The highest BCUT2D eigenvalue weighted by Crippen LogP contribution is 2.38. The lowest BCUT2D eigenvalue weighted by Crippen LogP contribution is -2.18. The van der Waals surface area contributed by atoms with Crippen LogP contribution < -0.4 is 23.7 Å². The molecule has 0 radical (unpaired) electrons. The Hall–Kier alpha value is -16.5. The summed E-state index contributed by atoms with van der Waals surface area (Å²) in [6.45, 7) is 0.598. The van der Waals surface area contributed by atoms with E-state index in [1.807, 2.05) is 103 Å². The predicted octanol–water partition coefficient (Wildman–Crippen LogP) is 22.4. The van der Waals surface area contributed by atoms with Gasteiger partial charge in [0.1, 0.15) is 46.0 Å². The van der Waals surface area contributed by atoms with Gasteiger partial charge in [-0.1, -0.05) is 72.8 Å². The van der Waals surface area contributed by atoms with Gasteiger partial charge in [-0.05, 0) is 182 Å². The lowest BCUT2D eigenvalue weighted by molar-refractivity contribution is -0.159. The number of halogens is 18. The summed E-state index contributed by atoms with van der Waals surface area (Å²) in [4.78, 5) is 12.4. The third-order valence-electron chi connectivity index (χ3n) is 17.7. The highest BCUT2D eigenvalue weighted by atomic mass is 19.4. The molecule has 10 aromatic heterocycles. The largest absolute Gasteiger partial charge is 0.457 e. The molecule has 0 aliphatic carbocycles. The highest BCUT2D eigenvalue weighted by Gasteiger charge is 2.41. The van der Waals surface area contributed by atoms with E-state index in [2.05, 4.69) is 80.9 Å². The van der Waals surface area contributed by atoms with E-state index in [4.69, 9.17) is 18.9 Å². The molecule has 0 saturated carbocycles. The van der Waals surface area contributed by atoms with E-state index in [1.165, 1.54) is 83.8 Å². The van der Waals surface area contributed by atoms with Gasteiger partial charge in [-0.25, -0.2) is 17.6 Å². The molecule has 9 aromatic carbocycles. The van der Waals surface area contributed by atoms with E-state index in [9.17, 15) is 79.0 Å². The van der Waals surface area contributed by atoms with E-state index in [-0.39, 0.29) is 56.7 Å². The minimum absolute atomic E-state index is 0.0325. The van der Waals surface area contributed by atoms with Gasteiger partial charge in [0.15, 0.2) is 45.6 Å². The zero-order valence-electron chi connectivity index (χ0n) is 65.1. The Morgan fingerprint density at radius 3 is 0.907 bits per heavy atom. The van der Waals surface area contributed by atoms with Gasteiger partial charge in [-0.15, -0.1) is 51.0 Å². The molecule has 0 saturated heterocycles. The molecule has 129 heavy (non-hydrogen) atoms. The maximum absolute atomic E-state index is 14.4. The first-order valence-electron chi connectivity index (χ1n) is 37.2. The number of hydrogen-bond acceptors (Lipinski definition) is 20. The number of rotatable bonds is 16. The summed E-state index contributed by atoms with van der Waals surface area (Å²) in [5.41, 5.74) is 3.94. The van der Waals surface area contributed by atoms with E-state index < -0.39 is 83.7 Å². The molecule has 19 rings (SSSR count). The Balaban J connectivity index is 0.000000124. The second kappa shape index (κ2) is 36.7. The van der Waals surface area contributed by atoms with Crippen molar-refractivity contribution < 1.29 is 103 Å². The van der Waals surface area contributed by atoms with E-state index in [1.54, 1.807) is 84.9 Å². The van der Waals surface area contributed by atoms with Gasteiger partial charge in [0, 0.05) is 53.3 Å². The summed E-state index contributed by atoms with van der Waals surface area (Å²) in [6.07, 6.45) is -17.0. The fourth-order valence-corrected chi connectivity index (χ4v) is 11.9. The number of benzene rings is 9. The van der Waals surface area contributed by atoms with E-state index >= 15 is 0 Å². The number of nitrogens with zero attached hydrogens (tertiary/aromatic N) is 20. The van der Waals surface area contributed by atoms with Gasteiger partial charge in [0.25, 0.3) is 18.1 Å². The van der Waals surface area contributed by atoms with Crippen LogP contribution in [0.1, 0.15) is 42.5 Å². The van der Waals surface area contributed by atoms with Crippen LogP contribution in [-0.4, -0.2) is 104 Å². The van der Waals surface area contributed by atoms with Gasteiger partial charge < -0.3 is 23.7 Å². The average molecular weight is 1790 g/mol. The van der Waals surface area contributed by atoms with Crippen LogP contribution >= 0.6 is 0 Å². The normalized spacial score (nSPS) is 11.8. The summed E-state index contributed by atoms with van der Waals surface area (Å²) in [6, 6.07) is 69.8. The van der Waals surface area contributed by atoms with Crippen molar-refractivity contribution in [2.75, 3.05) is 0 Å². The van der Waals surface area contributed by atoms with Crippen molar-refractivity contribution >= 4 is 28.2 Å². The second-order valence-electron chi connectivity index (χ2n) is 26.9. The fraction of sp³-hybridized carbons (Fsp3) is 0.0814. The van der Waals surface area contributed by atoms with Crippen molar-refractivity contribution in [3.05, 3.63) is 333 Å². The first kappa shape index (κ1) is 87.4. The smallest absolute Gasteiger partial charge is 0.453 e. The molecule has 0 unspecified atom stereocenters. The molecule has 0 bridgehead atoms. The van der Waals surface area contributed by atoms with E-state index in [0.717, 1.165) is 44.6 Å². The standard InChI is InChI=1S/C18H9F5N4O.2C18H11F3N4O.C18H12F2N4O.C14H9F5N4O/c19-12-8-10(9-13(20)16(12)28-11-4-2-1-3-5-11)14-6-7-15-24-25-17(18(21,22)23)27(15)26-14;19-18(20,21)17-24-23-16-10-22-15(11-25(16)17)12-6-8-14(9-7-12)26-13-4-2-1-3-5-13;19-18(20,21)17-23-22-16-11-10-15(24-25(16)17)12-6-8-14(9-7-12)26-13-4-2-1-3-5-13;19-17(20)18-23-22-16-10-21-15(11-24(16)18)12-6-8-14(9-7-12)25-13-4-2-1-3-5-13;1-13(15,16)24-9-4-2-8(3-5-9)10-7-23-11(6-20-10)21-22-12(23)14(17,18)19/h1-9H;2*1-11H;1-11,17H;2-7H,1H3. The zero-order chi connectivity index (χ0) is 90.9. The monoisotopic (exact) mass is 1790 g/mol. The Bertz CT molecular complexity index is 6880. The maximum Gasteiger partial charge on any atom is 0.453 e. The van der Waals surface area contributed by atoms with Crippen molar-refractivity contribution in [3.63, 3.8) is 0 Å². The van der Waals surface area contributed by atoms with Gasteiger partial charge in [-0.3, -0.25) is 28.2 Å². The third-order valence-corrected chi connectivity index (χ3v) is 17.7. The molecule has 10 heterocycles. The summed E-state index contributed by atoms with van der Waals surface area (Å²) in [7, 11) is 0. The molecule has 0 N–H and O–H groups in total. The van der Waals surface area contributed by atoms with Crippen molar-refractivity contribution in [3.8, 4) is 108 Å². The quantitative estimate of drug-likeness (QED) is 0.0814. The first-order chi connectivity index (χ1) is 61.7. The highest BCUT2D eigenvalue weighted by molar-refractivity contribution is 5.66. The van der Waals surface area contributed by atoms with Crippen LogP contribution in [0.4, 0.5) is 79.0 Å². The Kier molecular flexibility index (Phi) is 24.9. The molecule has 652 valence electrons. The molecule has 0 aliphatic rings. The molecule has 0 amide bonds. The lowest BCUT2D eigenvalue weighted by atomic mass is 10.1. The van der Waals surface area contributed by atoms with Crippen molar-refractivity contribution in [1.82, 2.24) is 98.4 Å². The number of fused-ring (bicyclic) bond motifs is 5. The number of ether oxygens (including phenoxy) is 5. The van der Waals surface area contributed by atoms with Crippen molar-refractivity contribution in [2.24, 2.45) is 0 Å². The Morgan fingerprint density at radius 1 is 0.279 bits per heavy atom. The second-order valence-corrected chi connectivity index (χ2v) is 26.9. The van der Waals surface area contributed by atoms with Crippen LogP contribution in [0.3, 0.4) is 0 Å². The Labute approximate surface area is 711 Å². The fourth-order valence-electron chi connectivity index (χ4n) is 11.9. The van der Waals surface area contributed by atoms with Gasteiger partial charge in [-0.2, -0.15) is 80.7 Å². The molecule has 43 heteroatoms. The average Bonchev–Trinajstić information content (AvgIpc) is 1.68. The molecule has 0 atom stereocenters. The van der Waals surface area contributed by atoms with Crippen molar-refractivity contribution in [1.29, 1.82) is 0 Å². The molecule has 0 aliphatic heterocycles. The van der Waals surface area contributed by atoms with Crippen LogP contribution in [0.25, 0.3) is 84.5 Å². The van der Waals surface area contributed by atoms with Crippen LogP contribution in [0.5, 0.6) is 51.7 Å². The number of aromatic nitrogens is 20. The topological polar surface area (TPSA) is 262 Å². The third kappa shape index (κ3) is 21.3. The van der Waals surface area contributed by atoms with Crippen LogP contribution in [0.2, 0.25) is 0 Å². The van der Waals surface area contributed by atoms with Gasteiger partial charge in [0.2, 0.25) is 17.5 Å². The SMILES string of the molecule is CC(F)(F)Oc1ccc(-c2cn3c(C(F)(F)F)nnc3cn2)cc1.FC(F)(F)c1nnc2ccc(-c3ccc(Oc4ccccc4)cc3)nn12.FC(F)(F)c1nnc2cnc(-c3ccc(Oc4ccccc4)cc3)cn12.FC(F)c1nnc2cnc(-c3ccc(Oc4ccccc4)cc3)cn12.Fc1cc(-c2ccc3nnc(C(F)(F)F)n3n2)cc(F)c1Oc1ccccc1. The molecule has 0 spiro atoms. The predicted molar refractivity (Wildman–Crippen MR) is 423 cm³/mol. The van der Waals surface area contributed by atoms with Crippen LogP contribution in [-0.2, 0) is 24.7 Å². The minimum atomic E-state index is -4.78. The summed E-state index contributed by atoms with van der Waals surface area (Å²) >= 11 is 0. The molecule has 19 aromatic rings. The van der Waals surface area contributed by atoms with Gasteiger partial charge >= 0.3 is 30.8 Å². The number of alkyl halides is 16. The number of para-hydroxylation sites is 4. The molecular formula is C86H52F18N20O5. The summed E-state index contributed by atoms with van der Waals surface area (Å²) in [5, 5.41) is 41.2. The van der Waals surface area contributed by atoms with Crippen molar-refractivity contribution in [2.45, 2.75) is 44.2 Å². The molecule has 0 fully saturated rings. The lowest BCUT2D eigenvalue weighted by Gasteiger charge is -2.13. The molecule has 25 nitrogen and oxygen atoms in total. The molecular weight excluding hydrogens is 1740 g/mol. The van der Waals surface area contributed by atoms with Gasteiger partial charge in [0.05, 0.1) is 47.1 Å². The summed E-state index contributed by atoms with van der Waals surface area (Å²) < 4.78 is 266. The first-order valence-corrected chi connectivity index (χ1v) is 37.2. The van der Waals surface area contributed by atoms with E-state index in [0.29, 0.717) is 78.5 Å². The number of hydrogen-bond donors (Lipinski definition) is 0. The zero-order valence-corrected chi connectivity index (χ0v) is 65.1. The minimum Gasteiger partial charge on any atom is -0.457 e. The summed E-state index contributed by atoms with van der Waals surface area (Å²) in [5.74, 6) is -3.66.